The van der Waals surface area contributed by atoms with Crippen molar-refractivity contribution in [2.75, 3.05) is 36.4 Å². The van der Waals surface area contributed by atoms with E-state index in [1.165, 1.54) is 16.8 Å². The molecule has 2 heterocycles. The van der Waals surface area contributed by atoms with Gasteiger partial charge in [0.1, 0.15) is 5.69 Å². The number of rotatable bonds is 4. The lowest BCUT2D eigenvalue weighted by molar-refractivity contribution is 0.0741. The standard InChI is InChI=1S/C24H26N4O/c1-18-6-8-20(9-7-18)26-21-10-11-25-23(17-21)24(29)28-14-12-27(13-15-28)22-5-3-4-19(2)16-22/h3-11,16-17H,12-15H2,1-2H3,(H,25,26). The molecule has 1 fully saturated rings. The summed E-state index contributed by atoms with van der Waals surface area (Å²) >= 11 is 0. The highest BCUT2D eigenvalue weighted by Gasteiger charge is 2.23. The molecular weight excluding hydrogens is 360 g/mol. The van der Waals surface area contributed by atoms with Crippen LogP contribution in [0.2, 0.25) is 0 Å². The zero-order chi connectivity index (χ0) is 20.2. The molecule has 0 radical (unpaired) electrons. The van der Waals surface area contributed by atoms with E-state index in [-0.39, 0.29) is 5.91 Å². The summed E-state index contributed by atoms with van der Waals surface area (Å²) in [7, 11) is 0. The smallest absolute Gasteiger partial charge is 0.272 e. The molecule has 148 valence electrons. The molecule has 1 amide bonds. The normalized spacial score (nSPS) is 14.0. The Labute approximate surface area is 172 Å². The highest BCUT2D eigenvalue weighted by atomic mass is 16.2. The second kappa shape index (κ2) is 8.35. The van der Waals surface area contributed by atoms with E-state index in [1.807, 2.05) is 29.2 Å². The van der Waals surface area contributed by atoms with Crippen molar-refractivity contribution in [3.8, 4) is 0 Å². The van der Waals surface area contributed by atoms with Crippen LogP contribution in [-0.4, -0.2) is 42.0 Å². The van der Waals surface area contributed by atoms with Crippen molar-refractivity contribution in [3.63, 3.8) is 0 Å². The predicted molar refractivity (Wildman–Crippen MR) is 118 cm³/mol. The van der Waals surface area contributed by atoms with Gasteiger partial charge in [-0.3, -0.25) is 9.78 Å². The molecule has 0 spiro atoms. The van der Waals surface area contributed by atoms with Gasteiger partial charge >= 0.3 is 0 Å². The molecule has 0 unspecified atom stereocenters. The summed E-state index contributed by atoms with van der Waals surface area (Å²) in [5, 5.41) is 3.34. The van der Waals surface area contributed by atoms with Gasteiger partial charge in [0, 0.05) is 49.4 Å². The lowest BCUT2D eigenvalue weighted by Crippen LogP contribution is -2.49. The molecule has 1 aliphatic heterocycles. The van der Waals surface area contributed by atoms with Crippen molar-refractivity contribution in [1.82, 2.24) is 9.88 Å². The van der Waals surface area contributed by atoms with Gasteiger partial charge in [0.2, 0.25) is 0 Å². The molecule has 1 aromatic heterocycles. The van der Waals surface area contributed by atoms with Crippen LogP contribution in [0.1, 0.15) is 21.6 Å². The van der Waals surface area contributed by atoms with Crippen LogP contribution in [0.15, 0.2) is 66.9 Å². The number of nitrogens with one attached hydrogen (secondary N) is 1. The number of carbonyl (C=O) groups excluding carboxylic acids is 1. The van der Waals surface area contributed by atoms with E-state index >= 15 is 0 Å². The number of hydrogen-bond acceptors (Lipinski definition) is 4. The Kier molecular flexibility index (Phi) is 5.47. The maximum atomic E-state index is 13.0. The number of benzene rings is 2. The number of hydrogen-bond donors (Lipinski definition) is 1. The van der Waals surface area contributed by atoms with Crippen LogP contribution < -0.4 is 10.2 Å². The van der Waals surface area contributed by atoms with E-state index in [1.54, 1.807) is 6.20 Å². The first kappa shape index (κ1) is 19.0. The summed E-state index contributed by atoms with van der Waals surface area (Å²) in [5.41, 5.74) is 6.03. The summed E-state index contributed by atoms with van der Waals surface area (Å²) in [6.07, 6.45) is 1.69. The van der Waals surface area contributed by atoms with Crippen LogP contribution in [-0.2, 0) is 0 Å². The van der Waals surface area contributed by atoms with Crippen LogP contribution >= 0.6 is 0 Å². The van der Waals surface area contributed by atoms with Gasteiger partial charge in [-0.2, -0.15) is 0 Å². The number of anilines is 3. The fourth-order valence-electron chi connectivity index (χ4n) is 3.58. The van der Waals surface area contributed by atoms with Gasteiger partial charge in [0.15, 0.2) is 0 Å². The lowest BCUT2D eigenvalue weighted by atomic mass is 10.2. The SMILES string of the molecule is Cc1ccc(Nc2ccnc(C(=O)N3CCN(c4cccc(C)c4)CC3)c2)cc1. The molecule has 1 aliphatic rings. The lowest BCUT2D eigenvalue weighted by Gasteiger charge is -2.36. The Balaban J connectivity index is 1.40. The van der Waals surface area contributed by atoms with Gasteiger partial charge in [-0.1, -0.05) is 29.8 Å². The molecule has 0 saturated carbocycles. The minimum absolute atomic E-state index is 0.0125. The number of carbonyl (C=O) groups is 1. The van der Waals surface area contributed by atoms with Crippen molar-refractivity contribution >= 4 is 23.0 Å². The third kappa shape index (κ3) is 4.57. The molecule has 5 heteroatoms. The Morgan fingerprint density at radius 2 is 1.62 bits per heavy atom. The van der Waals surface area contributed by atoms with Crippen molar-refractivity contribution in [1.29, 1.82) is 0 Å². The summed E-state index contributed by atoms with van der Waals surface area (Å²) in [4.78, 5) is 21.5. The maximum absolute atomic E-state index is 13.0. The van der Waals surface area contributed by atoms with E-state index in [9.17, 15) is 4.79 Å². The Morgan fingerprint density at radius 3 is 2.34 bits per heavy atom. The first-order valence-corrected chi connectivity index (χ1v) is 9.99. The van der Waals surface area contributed by atoms with Crippen LogP contribution in [0, 0.1) is 13.8 Å². The highest BCUT2D eigenvalue weighted by molar-refractivity contribution is 5.93. The van der Waals surface area contributed by atoms with E-state index in [0.717, 1.165) is 24.5 Å². The Bertz CT molecular complexity index is 992. The van der Waals surface area contributed by atoms with Gasteiger partial charge in [-0.25, -0.2) is 0 Å². The van der Waals surface area contributed by atoms with Gasteiger partial charge in [-0.15, -0.1) is 0 Å². The van der Waals surface area contributed by atoms with Gasteiger partial charge < -0.3 is 15.1 Å². The third-order valence-corrected chi connectivity index (χ3v) is 5.25. The zero-order valence-corrected chi connectivity index (χ0v) is 16.9. The van der Waals surface area contributed by atoms with Gasteiger partial charge in [0.25, 0.3) is 5.91 Å². The molecular formula is C24H26N4O. The Hall–Kier alpha value is -3.34. The maximum Gasteiger partial charge on any atom is 0.272 e. The summed E-state index contributed by atoms with van der Waals surface area (Å²) in [5.74, 6) is -0.0125. The average molecular weight is 386 g/mol. The number of amides is 1. The van der Waals surface area contributed by atoms with E-state index in [0.29, 0.717) is 18.8 Å². The van der Waals surface area contributed by atoms with Crippen LogP contribution in [0.5, 0.6) is 0 Å². The quantitative estimate of drug-likeness (QED) is 0.722. The van der Waals surface area contributed by atoms with Gasteiger partial charge in [-0.05, 0) is 55.8 Å². The number of aryl methyl sites for hydroxylation is 2. The van der Waals surface area contributed by atoms with Crippen molar-refractivity contribution in [2.24, 2.45) is 0 Å². The van der Waals surface area contributed by atoms with Crippen molar-refractivity contribution < 1.29 is 4.79 Å². The molecule has 1 N–H and O–H groups in total. The molecule has 3 aromatic rings. The second-order valence-corrected chi connectivity index (χ2v) is 7.54. The first-order valence-electron chi connectivity index (χ1n) is 9.99. The van der Waals surface area contributed by atoms with E-state index < -0.39 is 0 Å². The largest absolute Gasteiger partial charge is 0.368 e. The molecule has 5 nitrogen and oxygen atoms in total. The van der Waals surface area contributed by atoms with Gasteiger partial charge in [0.05, 0.1) is 0 Å². The van der Waals surface area contributed by atoms with Crippen molar-refractivity contribution in [2.45, 2.75) is 13.8 Å². The molecule has 1 saturated heterocycles. The summed E-state index contributed by atoms with van der Waals surface area (Å²) in [6.45, 7) is 7.22. The second-order valence-electron chi connectivity index (χ2n) is 7.54. The van der Waals surface area contributed by atoms with E-state index in [4.69, 9.17) is 0 Å². The molecule has 4 rings (SSSR count). The van der Waals surface area contributed by atoms with E-state index in [2.05, 4.69) is 65.4 Å². The topological polar surface area (TPSA) is 48.5 Å². The summed E-state index contributed by atoms with van der Waals surface area (Å²) < 4.78 is 0. The number of pyridine rings is 1. The molecule has 29 heavy (non-hydrogen) atoms. The number of piperazine rings is 1. The minimum atomic E-state index is -0.0125. The molecule has 0 bridgehead atoms. The van der Waals surface area contributed by atoms with Crippen LogP contribution in [0.3, 0.4) is 0 Å². The molecule has 0 atom stereocenters. The monoisotopic (exact) mass is 386 g/mol. The third-order valence-electron chi connectivity index (χ3n) is 5.25. The fraction of sp³-hybridized carbons (Fsp3) is 0.250. The number of nitrogens with zero attached hydrogens (tertiary/aromatic N) is 3. The Morgan fingerprint density at radius 1 is 0.862 bits per heavy atom. The fourth-order valence-corrected chi connectivity index (χ4v) is 3.58. The summed E-state index contributed by atoms with van der Waals surface area (Å²) in [6, 6.07) is 20.4. The molecule has 0 aliphatic carbocycles. The zero-order valence-electron chi connectivity index (χ0n) is 16.9. The van der Waals surface area contributed by atoms with Crippen LogP contribution in [0.4, 0.5) is 17.1 Å². The number of aromatic nitrogens is 1. The van der Waals surface area contributed by atoms with Crippen LogP contribution in [0.25, 0.3) is 0 Å². The highest BCUT2D eigenvalue weighted by Crippen LogP contribution is 2.20. The predicted octanol–water partition coefficient (Wildman–Crippen LogP) is 4.40. The molecule has 2 aromatic carbocycles. The van der Waals surface area contributed by atoms with Crippen molar-refractivity contribution in [3.05, 3.63) is 83.7 Å². The average Bonchev–Trinajstić information content (AvgIpc) is 2.75. The first-order chi connectivity index (χ1) is 14.1. The minimum Gasteiger partial charge on any atom is -0.368 e.